The van der Waals surface area contributed by atoms with E-state index < -0.39 is 5.91 Å². The number of amides is 1. The Morgan fingerprint density at radius 3 is 2.46 bits per heavy atom. The van der Waals surface area contributed by atoms with Crippen molar-refractivity contribution in [1.29, 1.82) is 0 Å². The standard InChI is InChI=1S/C9H9BrClNO/c1-4-5(2)8(11)7(10)3-6(4)9(12)13/h3H,1-2H3,(H2,12,13). The molecule has 2 nitrogen and oxygen atoms in total. The minimum Gasteiger partial charge on any atom is -0.366 e. The second-order valence-corrected chi connectivity index (χ2v) is 4.07. The molecule has 1 amide bonds. The molecule has 0 saturated heterocycles. The summed E-state index contributed by atoms with van der Waals surface area (Å²) in [5, 5.41) is 0.627. The van der Waals surface area contributed by atoms with Crippen molar-refractivity contribution in [2.45, 2.75) is 13.8 Å². The quantitative estimate of drug-likeness (QED) is 0.831. The van der Waals surface area contributed by atoms with E-state index in [4.69, 9.17) is 17.3 Å². The van der Waals surface area contributed by atoms with Crippen LogP contribution in [0.1, 0.15) is 21.5 Å². The Morgan fingerprint density at radius 1 is 1.46 bits per heavy atom. The van der Waals surface area contributed by atoms with Crippen molar-refractivity contribution in [2.24, 2.45) is 5.73 Å². The van der Waals surface area contributed by atoms with E-state index in [0.29, 0.717) is 15.1 Å². The lowest BCUT2D eigenvalue weighted by atomic mass is 10.0. The van der Waals surface area contributed by atoms with E-state index in [1.807, 2.05) is 13.8 Å². The topological polar surface area (TPSA) is 43.1 Å². The molecule has 0 unspecified atom stereocenters. The molecular formula is C9H9BrClNO. The van der Waals surface area contributed by atoms with Crippen molar-refractivity contribution < 1.29 is 4.79 Å². The first-order valence-corrected chi connectivity index (χ1v) is 4.87. The third-order valence-corrected chi connectivity index (χ3v) is 3.38. The Labute approximate surface area is 90.2 Å². The summed E-state index contributed by atoms with van der Waals surface area (Å²) < 4.78 is 0.700. The molecule has 0 aliphatic carbocycles. The van der Waals surface area contributed by atoms with E-state index in [2.05, 4.69) is 15.9 Å². The largest absolute Gasteiger partial charge is 0.366 e. The van der Waals surface area contributed by atoms with Crippen molar-refractivity contribution in [3.63, 3.8) is 0 Å². The highest BCUT2D eigenvalue weighted by atomic mass is 79.9. The molecule has 0 radical (unpaired) electrons. The van der Waals surface area contributed by atoms with E-state index in [-0.39, 0.29) is 0 Å². The van der Waals surface area contributed by atoms with Crippen molar-refractivity contribution in [1.82, 2.24) is 0 Å². The van der Waals surface area contributed by atoms with E-state index in [0.717, 1.165) is 11.1 Å². The zero-order valence-corrected chi connectivity index (χ0v) is 9.66. The SMILES string of the molecule is Cc1c(C(N)=O)cc(Br)c(Cl)c1C. The van der Waals surface area contributed by atoms with Gasteiger partial charge in [0.25, 0.3) is 0 Å². The van der Waals surface area contributed by atoms with Crippen LogP contribution in [-0.4, -0.2) is 5.91 Å². The molecule has 0 bridgehead atoms. The molecule has 0 heterocycles. The molecule has 70 valence electrons. The van der Waals surface area contributed by atoms with Crippen LogP contribution in [0.15, 0.2) is 10.5 Å². The van der Waals surface area contributed by atoms with Crippen molar-refractivity contribution in [3.8, 4) is 0 Å². The van der Waals surface area contributed by atoms with Crippen LogP contribution in [0.3, 0.4) is 0 Å². The van der Waals surface area contributed by atoms with Gasteiger partial charge in [-0.1, -0.05) is 11.6 Å². The summed E-state index contributed by atoms with van der Waals surface area (Å²) in [5.74, 6) is -0.432. The molecule has 0 spiro atoms. The van der Waals surface area contributed by atoms with Gasteiger partial charge >= 0.3 is 0 Å². The lowest BCUT2D eigenvalue weighted by molar-refractivity contribution is 0.0999. The van der Waals surface area contributed by atoms with Crippen LogP contribution in [-0.2, 0) is 0 Å². The van der Waals surface area contributed by atoms with Crippen molar-refractivity contribution in [2.75, 3.05) is 0 Å². The van der Waals surface area contributed by atoms with Gasteiger partial charge in [0.2, 0.25) is 5.91 Å². The second kappa shape index (κ2) is 3.68. The number of hydrogen-bond donors (Lipinski definition) is 1. The molecule has 2 N–H and O–H groups in total. The Bertz CT molecular complexity index is 376. The summed E-state index contributed by atoms with van der Waals surface area (Å²) in [4.78, 5) is 11.0. The maximum absolute atomic E-state index is 11.0. The number of carbonyl (C=O) groups excluding carboxylic acids is 1. The van der Waals surface area contributed by atoms with Gasteiger partial charge in [0, 0.05) is 10.0 Å². The minimum atomic E-state index is -0.432. The molecule has 0 fully saturated rings. The Hall–Kier alpha value is -0.540. The van der Waals surface area contributed by atoms with E-state index in [9.17, 15) is 4.79 Å². The predicted molar refractivity (Wildman–Crippen MR) is 57.1 cm³/mol. The molecule has 13 heavy (non-hydrogen) atoms. The van der Waals surface area contributed by atoms with E-state index >= 15 is 0 Å². The number of carbonyl (C=O) groups is 1. The molecule has 0 aromatic heterocycles. The van der Waals surface area contributed by atoms with Gasteiger partial charge in [-0.3, -0.25) is 4.79 Å². The van der Waals surface area contributed by atoms with Gasteiger partial charge in [0.05, 0.1) is 5.02 Å². The summed E-state index contributed by atoms with van der Waals surface area (Å²) in [6, 6.07) is 1.65. The highest BCUT2D eigenvalue weighted by Crippen LogP contribution is 2.30. The van der Waals surface area contributed by atoms with Gasteiger partial charge in [0.1, 0.15) is 0 Å². The van der Waals surface area contributed by atoms with Gasteiger partial charge in [-0.2, -0.15) is 0 Å². The van der Waals surface area contributed by atoms with Gasteiger partial charge in [0.15, 0.2) is 0 Å². The number of rotatable bonds is 1. The third-order valence-electron chi connectivity index (χ3n) is 2.04. The summed E-state index contributed by atoms with van der Waals surface area (Å²) >= 11 is 9.22. The highest BCUT2D eigenvalue weighted by Gasteiger charge is 2.12. The van der Waals surface area contributed by atoms with Crippen LogP contribution in [0.5, 0.6) is 0 Å². The average molecular weight is 263 g/mol. The monoisotopic (exact) mass is 261 g/mol. The molecule has 0 saturated carbocycles. The summed E-state index contributed by atoms with van der Waals surface area (Å²) in [5.41, 5.74) is 7.42. The fourth-order valence-electron chi connectivity index (χ4n) is 1.10. The first-order valence-electron chi connectivity index (χ1n) is 3.70. The molecule has 0 aliphatic heterocycles. The van der Waals surface area contributed by atoms with Crippen LogP contribution in [0.4, 0.5) is 0 Å². The van der Waals surface area contributed by atoms with Gasteiger partial charge < -0.3 is 5.73 Å². The average Bonchev–Trinajstić information content (AvgIpc) is 2.07. The number of hydrogen-bond acceptors (Lipinski definition) is 1. The lowest BCUT2D eigenvalue weighted by Gasteiger charge is -2.09. The molecule has 1 aromatic rings. The summed E-state index contributed by atoms with van der Waals surface area (Å²) in [7, 11) is 0. The number of primary amides is 1. The smallest absolute Gasteiger partial charge is 0.249 e. The first kappa shape index (κ1) is 10.5. The fraction of sp³-hybridized carbons (Fsp3) is 0.222. The molecule has 0 atom stereocenters. The molecule has 1 aromatic carbocycles. The minimum absolute atomic E-state index is 0.432. The van der Waals surface area contributed by atoms with Crippen LogP contribution in [0.2, 0.25) is 5.02 Å². The lowest BCUT2D eigenvalue weighted by Crippen LogP contribution is -2.13. The number of nitrogens with two attached hydrogens (primary N) is 1. The first-order chi connectivity index (χ1) is 5.95. The van der Waals surface area contributed by atoms with Crippen molar-refractivity contribution >= 4 is 33.4 Å². The number of benzene rings is 1. The molecular weight excluding hydrogens is 253 g/mol. The second-order valence-electron chi connectivity index (χ2n) is 2.83. The van der Waals surface area contributed by atoms with Crippen LogP contribution >= 0.6 is 27.5 Å². The Kier molecular flexibility index (Phi) is 2.98. The van der Waals surface area contributed by atoms with E-state index in [1.54, 1.807) is 6.07 Å². The van der Waals surface area contributed by atoms with Crippen LogP contribution in [0.25, 0.3) is 0 Å². The van der Waals surface area contributed by atoms with Crippen molar-refractivity contribution in [3.05, 3.63) is 32.3 Å². The number of halogens is 2. The zero-order valence-electron chi connectivity index (χ0n) is 7.32. The van der Waals surface area contributed by atoms with Crippen LogP contribution in [0, 0.1) is 13.8 Å². The van der Waals surface area contributed by atoms with Gasteiger partial charge in [-0.15, -0.1) is 0 Å². The van der Waals surface area contributed by atoms with E-state index in [1.165, 1.54) is 0 Å². The zero-order chi connectivity index (χ0) is 10.2. The molecule has 0 aliphatic rings. The Balaban J connectivity index is 3.50. The normalized spacial score (nSPS) is 10.2. The third kappa shape index (κ3) is 1.86. The van der Waals surface area contributed by atoms with Gasteiger partial charge in [-0.25, -0.2) is 0 Å². The fourth-order valence-corrected chi connectivity index (χ4v) is 1.82. The Morgan fingerprint density at radius 2 is 2.00 bits per heavy atom. The molecule has 1 rings (SSSR count). The maximum Gasteiger partial charge on any atom is 0.249 e. The predicted octanol–water partition coefficient (Wildman–Crippen LogP) is 2.82. The maximum atomic E-state index is 11.0. The summed E-state index contributed by atoms with van der Waals surface area (Å²) in [6.45, 7) is 3.68. The summed E-state index contributed by atoms with van der Waals surface area (Å²) in [6.07, 6.45) is 0. The van der Waals surface area contributed by atoms with Crippen LogP contribution < -0.4 is 5.73 Å². The highest BCUT2D eigenvalue weighted by molar-refractivity contribution is 9.10. The molecule has 4 heteroatoms. The van der Waals surface area contributed by atoms with Gasteiger partial charge in [-0.05, 0) is 47.0 Å².